The second-order valence-corrected chi connectivity index (χ2v) is 6.67. The lowest BCUT2D eigenvalue weighted by atomic mass is 10.1. The minimum atomic E-state index is 0.0843. The maximum atomic E-state index is 12.5. The van der Waals surface area contributed by atoms with Crippen molar-refractivity contribution in [3.63, 3.8) is 0 Å². The average molecular weight is 290 g/mol. The van der Waals surface area contributed by atoms with Crippen LogP contribution in [-0.2, 0) is 11.2 Å². The Morgan fingerprint density at radius 2 is 2.35 bits per heavy atom. The third kappa shape index (κ3) is 2.63. The van der Waals surface area contributed by atoms with Crippen LogP contribution in [0.25, 0.3) is 0 Å². The summed E-state index contributed by atoms with van der Waals surface area (Å²) in [5, 5.41) is 4.08. The van der Waals surface area contributed by atoms with Crippen molar-refractivity contribution in [2.75, 3.05) is 6.54 Å². The standard InChI is InChI=1S/C15H18N2O2S/c1-10-8-13(16-19-10)14-4-3-7-17(14)15(18)9-12-6-5-11(2)20-12/h5-6,8,14H,3-4,7,9H2,1-2H3. The van der Waals surface area contributed by atoms with E-state index in [0.717, 1.165) is 35.7 Å². The van der Waals surface area contributed by atoms with Crippen molar-refractivity contribution >= 4 is 17.2 Å². The summed E-state index contributed by atoms with van der Waals surface area (Å²) >= 11 is 1.69. The molecule has 0 aromatic carbocycles. The largest absolute Gasteiger partial charge is 0.361 e. The van der Waals surface area contributed by atoms with Gasteiger partial charge in [0.05, 0.1) is 12.5 Å². The highest BCUT2D eigenvalue weighted by atomic mass is 32.1. The summed E-state index contributed by atoms with van der Waals surface area (Å²) in [6.07, 6.45) is 2.50. The third-order valence-corrected chi connectivity index (χ3v) is 4.68. The molecule has 106 valence electrons. The lowest BCUT2D eigenvalue weighted by Gasteiger charge is -2.22. The van der Waals surface area contributed by atoms with Crippen molar-refractivity contribution in [2.45, 2.75) is 39.2 Å². The zero-order valence-electron chi connectivity index (χ0n) is 11.8. The van der Waals surface area contributed by atoms with E-state index in [1.165, 1.54) is 4.88 Å². The fourth-order valence-electron chi connectivity index (χ4n) is 2.75. The minimum absolute atomic E-state index is 0.0843. The SMILES string of the molecule is Cc1cc(C2CCCN2C(=O)Cc2ccc(C)s2)no1. The molecule has 1 fully saturated rings. The first-order valence-electron chi connectivity index (χ1n) is 6.91. The van der Waals surface area contributed by atoms with Crippen LogP contribution in [0.1, 0.15) is 40.1 Å². The number of hydrogen-bond acceptors (Lipinski definition) is 4. The van der Waals surface area contributed by atoms with Crippen LogP contribution >= 0.6 is 11.3 Å². The van der Waals surface area contributed by atoms with E-state index < -0.39 is 0 Å². The lowest BCUT2D eigenvalue weighted by molar-refractivity contribution is -0.131. The molecule has 0 spiro atoms. The molecule has 20 heavy (non-hydrogen) atoms. The van der Waals surface area contributed by atoms with Gasteiger partial charge in [0.25, 0.3) is 0 Å². The normalized spacial score (nSPS) is 18.7. The topological polar surface area (TPSA) is 46.3 Å². The first kappa shape index (κ1) is 13.4. The molecule has 1 amide bonds. The van der Waals surface area contributed by atoms with Gasteiger partial charge in [-0.25, -0.2) is 0 Å². The molecular formula is C15H18N2O2S. The summed E-state index contributed by atoms with van der Waals surface area (Å²) in [5.41, 5.74) is 0.885. The molecule has 0 aliphatic carbocycles. The van der Waals surface area contributed by atoms with Crippen molar-refractivity contribution in [2.24, 2.45) is 0 Å². The summed E-state index contributed by atoms with van der Waals surface area (Å²) in [6.45, 7) is 4.77. The van der Waals surface area contributed by atoms with Gasteiger partial charge in [-0.2, -0.15) is 0 Å². The molecule has 4 nitrogen and oxygen atoms in total. The molecule has 1 atom stereocenters. The van der Waals surface area contributed by atoms with E-state index in [0.29, 0.717) is 6.42 Å². The predicted molar refractivity (Wildman–Crippen MR) is 77.7 cm³/mol. The predicted octanol–water partition coefficient (Wildman–Crippen LogP) is 3.26. The Morgan fingerprint density at radius 1 is 1.50 bits per heavy atom. The first-order chi connectivity index (χ1) is 9.63. The summed E-state index contributed by atoms with van der Waals surface area (Å²) in [5.74, 6) is 0.989. The highest BCUT2D eigenvalue weighted by molar-refractivity contribution is 7.12. The zero-order chi connectivity index (χ0) is 14.1. The molecule has 0 radical (unpaired) electrons. The van der Waals surface area contributed by atoms with E-state index in [4.69, 9.17) is 4.52 Å². The second kappa shape index (κ2) is 5.40. The number of likely N-dealkylation sites (tertiary alicyclic amines) is 1. The summed E-state index contributed by atoms with van der Waals surface area (Å²) in [6, 6.07) is 6.13. The smallest absolute Gasteiger partial charge is 0.228 e. The van der Waals surface area contributed by atoms with E-state index >= 15 is 0 Å². The Balaban J connectivity index is 1.73. The third-order valence-electron chi connectivity index (χ3n) is 3.68. The first-order valence-corrected chi connectivity index (χ1v) is 7.73. The molecular weight excluding hydrogens is 272 g/mol. The Kier molecular flexibility index (Phi) is 3.61. The Bertz CT molecular complexity index is 617. The molecule has 3 rings (SSSR count). The number of rotatable bonds is 3. The second-order valence-electron chi connectivity index (χ2n) is 5.30. The number of carbonyl (C=O) groups is 1. The number of thiophene rings is 1. The number of aromatic nitrogens is 1. The van der Waals surface area contributed by atoms with Gasteiger partial charge in [-0.15, -0.1) is 11.3 Å². The maximum absolute atomic E-state index is 12.5. The fraction of sp³-hybridized carbons (Fsp3) is 0.467. The van der Waals surface area contributed by atoms with Crippen molar-refractivity contribution in [1.29, 1.82) is 0 Å². The van der Waals surface area contributed by atoms with Gasteiger partial charge < -0.3 is 9.42 Å². The lowest BCUT2D eigenvalue weighted by Crippen LogP contribution is -2.31. The molecule has 2 aromatic heterocycles. The van der Waals surface area contributed by atoms with Gasteiger partial charge in [0.2, 0.25) is 5.91 Å². The van der Waals surface area contributed by atoms with Gasteiger partial charge in [-0.3, -0.25) is 4.79 Å². The Labute approximate surface area is 122 Å². The molecule has 1 aliphatic rings. The molecule has 0 N–H and O–H groups in total. The molecule has 1 unspecified atom stereocenters. The van der Waals surface area contributed by atoms with Gasteiger partial charge in [-0.1, -0.05) is 5.16 Å². The summed E-state index contributed by atoms with van der Waals surface area (Å²) < 4.78 is 5.14. The van der Waals surface area contributed by atoms with E-state index in [-0.39, 0.29) is 11.9 Å². The van der Waals surface area contributed by atoms with E-state index in [1.54, 1.807) is 11.3 Å². The van der Waals surface area contributed by atoms with Gasteiger partial charge in [0, 0.05) is 22.4 Å². The average Bonchev–Trinajstić information content (AvgIpc) is 3.09. The number of amides is 1. The monoisotopic (exact) mass is 290 g/mol. The molecule has 0 saturated carbocycles. The Morgan fingerprint density at radius 3 is 3.00 bits per heavy atom. The molecule has 0 bridgehead atoms. The van der Waals surface area contributed by atoms with E-state index in [9.17, 15) is 4.79 Å². The van der Waals surface area contributed by atoms with E-state index in [2.05, 4.69) is 18.1 Å². The van der Waals surface area contributed by atoms with Crippen molar-refractivity contribution in [1.82, 2.24) is 10.1 Å². The van der Waals surface area contributed by atoms with Crippen LogP contribution in [0, 0.1) is 13.8 Å². The zero-order valence-corrected chi connectivity index (χ0v) is 12.6. The van der Waals surface area contributed by atoms with Crippen LogP contribution in [0.15, 0.2) is 22.7 Å². The van der Waals surface area contributed by atoms with Gasteiger partial charge in [-0.05, 0) is 38.8 Å². The number of hydrogen-bond donors (Lipinski definition) is 0. The van der Waals surface area contributed by atoms with Crippen LogP contribution in [0.4, 0.5) is 0 Å². The van der Waals surface area contributed by atoms with Crippen LogP contribution < -0.4 is 0 Å². The molecule has 1 saturated heterocycles. The highest BCUT2D eigenvalue weighted by Crippen LogP contribution is 2.32. The Hall–Kier alpha value is -1.62. The summed E-state index contributed by atoms with van der Waals surface area (Å²) in [4.78, 5) is 16.8. The minimum Gasteiger partial charge on any atom is -0.361 e. The number of aryl methyl sites for hydroxylation is 2. The quantitative estimate of drug-likeness (QED) is 0.871. The highest BCUT2D eigenvalue weighted by Gasteiger charge is 2.31. The van der Waals surface area contributed by atoms with Crippen LogP contribution in [-0.4, -0.2) is 22.5 Å². The molecule has 5 heteroatoms. The van der Waals surface area contributed by atoms with Crippen molar-refractivity contribution in [3.05, 3.63) is 39.4 Å². The van der Waals surface area contributed by atoms with Crippen molar-refractivity contribution < 1.29 is 9.32 Å². The summed E-state index contributed by atoms with van der Waals surface area (Å²) in [7, 11) is 0. The van der Waals surface area contributed by atoms with Crippen LogP contribution in [0.5, 0.6) is 0 Å². The molecule has 2 aromatic rings. The van der Waals surface area contributed by atoms with Gasteiger partial charge in [0.15, 0.2) is 0 Å². The maximum Gasteiger partial charge on any atom is 0.228 e. The van der Waals surface area contributed by atoms with Crippen molar-refractivity contribution in [3.8, 4) is 0 Å². The van der Waals surface area contributed by atoms with Crippen LogP contribution in [0.2, 0.25) is 0 Å². The molecule has 1 aliphatic heterocycles. The van der Waals surface area contributed by atoms with Gasteiger partial charge in [0.1, 0.15) is 11.5 Å². The van der Waals surface area contributed by atoms with E-state index in [1.807, 2.05) is 24.0 Å². The number of carbonyl (C=O) groups excluding carboxylic acids is 1. The van der Waals surface area contributed by atoms with Crippen LogP contribution in [0.3, 0.4) is 0 Å². The molecule has 3 heterocycles. The fourth-order valence-corrected chi connectivity index (χ4v) is 3.63. The van der Waals surface area contributed by atoms with Gasteiger partial charge >= 0.3 is 0 Å². The number of nitrogens with zero attached hydrogens (tertiary/aromatic N) is 2.